The van der Waals surface area contributed by atoms with Crippen LogP contribution < -0.4 is 0 Å². The maximum absolute atomic E-state index is 6.17. The van der Waals surface area contributed by atoms with Gasteiger partial charge in [-0.3, -0.25) is 0 Å². The third-order valence-corrected chi connectivity index (χ3v) is 4.22. The Balaban J connectivity index is 2.22. The predicted octanol–water partition coefficient (Wildman–Crippen LogP) is 5.98. The highest BCUT2D eigenvalue weighted by Gasteiger charge is 2.11. The normalized spacial score (nSPS) is 12.4. The Morgan fingerprint density at radius 1 is 1.11 bits per heavy atom. The molecule has 0 nitrogen and oxygen atoms in total. The Morgan fingerprint density at radius 3 is 2.50 bits per heavy atom. The summed E-state index contributed by atoms with van der Waals surface area (Å²) in [6, 6.07) is 14.0. The van der Waals surface area contributed by atoms with Gasteiger partial charge in [-0.05, 0) is 48.2 Å². The van der Waals surface area contributed by atoms with E-state index in [0.29, 0.717) is 0 Å². The van der Waals surface area contributed by atoms with Gasteiger partial charge in [0.1, 0.15) is 0 Å². The molecule has 0 aliphatic heterocycles. The van der Waals surface area contributed by atoms with E-state index in [1.807, 2.05) is 43.3 Å². The van der Waals surface area contributed by atoms with Crippen molar-refractivity contribution >= 4 is 39.1 Å². The minimum absolute atomic E-state index is 0.217. The monoisotopic (exact) mass is 342 g/mol. The maximum Gasteiger partial charge on any atom is 0.0438 e. The van der Waals surface area contributed by atoms with Crippen LogP contribution in [0.2, 0.25) is 10.0 Å². The Kier molecular flexibility index (Phi) is 4.71. The van der Waals surface area contributed by atoms with Gasteiger partial charge in [-0.25, -0.2) is 0 Å². The Hall–Kier alpha value is -0.500. The molecule has 2 aromatic rings. The molecule has 2 aromatic carbocycles. The summed E-state index contributed by atoms with van der Waals surface area (Å²) in [6.07, 6.45) is 0.847. The van der Waals surface area contributed by atoms with Crippen LogP contribution in [0.25, 0.3) is 0 Å². The zero-order valence-electron chi connectivity index (χ0n) is 9.96. The van der Waals surface area contributed by atoms with E-state index in [9.17, 15) is 0 Å². The Bertz CT molecular complexity index is 532. The lowest BCUT2D eigenvalue weighted by Crippen LogP contribution is -1.96. The van der Waals surface area contributed by atoms with Gasteiger partial charge in [0.25, 0.3) is 0 Å². The molecule has 3 heteroatoms. The fourth-order valence-electron chi connectivity index (χ4n) is 1.92. The summed E-state index contributed by atoms with van der Waals surface area (Å²) in [7, 11) is 0. The molecule has 1 unspecified atom stereocenters. The molecular weight excluding hydrogens is 331 g/mol. The van der Waals surface area contributed by atoms with Crippen LogP contribution in [0.4, 0.5) is 0 Å². The summed E-state index contributed by atoms with van der Waals surface area (Å²) in [5, 5.41) is 1.58. The number of halogens is 3. The van der Waals surface area contributed by atoms with E-state index in [1.165, 1.54) is 11.1 Å². The summed E-state index contributed by atoms with van der Waals surface area (Å²) < 4.78 is 0. The van der Waals surface area contributed by atoms with Crippen molar-refractivity contribution in [2.75, 3.05) is 0 Å². The fourth-order valence-corrected chi connectivity index (χ4v) is 3.04. The van der Waals surface area contributed by atoms with Crippen LogP contribution in [-0.2, 0) is 6.42 Å². The van der Waals surface area contributed by atoms with Crippen LogP contribution in [0.1, 0.15) is 21.5 Å². The summed E-state index contributed by atoms with van der Waals surface area (Å²) in [5.74, 6) is 0. The molecule has 0 amide bonds. The van der Waals surface area contributed by atoms with Gasteiger partial charge in [-0.1, -0.05) is 63.4 Å². The summed E-state index contributed by atoms with van der Waals surface area (Å²) >= 11 is 16.0. The number of alkyl halides is 1. The van der Waals surface area contributed by atoms with E-state index in [1.54, 1.807) is 0 Å². The molecule has 0 aliphatic carbocycles. The smallest absolute Gasteiger partial charge is 0.0438 e. The van der Waals surface area contributed by atoms with Crippen LogP contribution in [0.3, 0.4) is 0 Å². The minimum Gasteiger partial charge on any atom is -0.0843 e. The van der Waals surface area contributed by atoms with Crippen molar-refractivity contribution in [2.45, 2.75) is 18.2 Å². The van der Waals surface area contributed by atoms with E-state index in [0.717, 1.165) is 22.0 Å². The van der Waals surface area contributed by atoms with Crippen molar-refractivity contribution in [3.05, 3.63) is 69.2 Å². The maximum atomic E-state index is 6.17. The van der Waals surface area contributed by atoms with Crippen molar-refractivity contribution in [2.24, 2.45) is 0 Å². The predicted molar refractivity (Wildman–Crippen MR) is 83.0 cm³/mol. The number of aryl methyl sites for hydroxylation is 1. The highest BCUT2D eigenvalue weighted by molar-refractivity contribution is 9.09. The summed E-state index contributed by atoms with van der Waals surface area (Å²) in [4.78, 5) is 0.217. The second-order valence-corrected chi connectivity index (χ2v) is 6.27. The highest BCUT2D eigenvalue weighted by Crippen LogP contribution is 2.31. The van der Waals surface area contributed by atoms with Crippen LogP contribution in [0, 0.1) is 6.92 Å². The number of hydrogen-bond donors (Lipinski definition) is 0. The third kappa shape index (κ3) is 3.50. The summed E-state index contributed by atoms with van der Waals surface area (Å²) in [5.41, 5.74) is 3.49. The first kappa shape index (κ1) is 13.9. The van der Waals surface area contributed by atoms with Gasteiger partial charge in [0, 0.05) is 14.9 Å². The lowest BCUT2D eigenvalue weighted by molar-refractivity contribution is 0.947. The second-order valence-electron chi connectivity index (χ2n) is 4.32. The average Bonchev–Trinajstić information content (AvgIpc) is 2.31. The third-order valence-electron chi connectivity index (χ3n) is 2.78. The van der Waals surface area contributed by atoms with Crippen molar-refractivity contribution in [3.8, 4) is 0 Å². The standard InChI is InChI=1S/C15H13BrCl2/c1-10-6-12(8-13(17)7-10)14(16)9-11-4-2-3-5-15(11)18/h2-8,14H,9H2,1H3. The SMILES string of the molecule is Cc1cc(Cl)cc(C(Br)Cc2ccccc2Cl)c1. The molecule has 0 heterocycles. The largest absolute Gasteiger partial charge is 0.0843 e. The Labute approximate surface area is 126 Å². The molecule has 0 aliphatic rings. The highest BCUT2D eigenvalue weighted by atomic mass is 79.9. The molecule has 18 heavy (non-hydrogen) atoms. The van der Waals surface area contributed by atoms with E-state index in [2.05, 4.69) is 22.0 Å². The number of benzene rings is 2. The topological polar surface area (TPSA) is 0 Å². The summed E-state index contributed by atoms with van der Waals surface area (Å²) in [6.45, 7) is 2.05. The first-order chi connectivity index (χ1) is 8.56. The van der Waals surface area contributed by atoms with E-state index < -0.39 is 0 Å². The molecule has 0 fully saturated rings. The minimum atomic E-state index is 0.217. The first-order valence-electron chi connectivity index (χ1n) is 5.71. The average molecular weight is 344 g/mol. The molecule has 0 saturated carbocycles. The zero-order chi connectivity index (χ0) is 13.1. The molecular formula is C15H13BrCl2. The van der Waals surface area contributed by atoms with Crippen molar-refractivity contribution < 1.29 is 0 Å². The van der Waals surface area contributed by atoms with Gasteiger partial charge < -0.3 is 0 Å². The van der Waals surface area contributed by atoms with Gasteiger partial charge in [-0.15, -0.1) is 0 Å². The van der Waals surface area contributed by atoms with Crippen LogP contribution in [0.5, 0.6) is 0 Å². The molecule has 94 valence electrons. The fraction of sp³-hybridized carbons (Fsp3) is 0.200. The molecule has 0 aromatic heterocycles. The van der Waals surface area contributed by atoms with Gasteiger partial charge in [0.05, 0.1) is 0 Å². The quantitative estimate of drug-likeness (QED) is 0.601. The molecule has 0 saturated heterocycles. The van der Waals surface area contributed by atoms with E-state index in [4.69, 9.17) is 23.2 Å². The van der Waals surface area contributed by atoms with Crippen LogP contribution in [-0.4, -0.2) is 0 Å². The van der Waals surface area contributed by atoms with Crippen molar-refractivity contribution in [3.63, 3.8) is 0 Å². The van der Waals surface area contributed by atoms with Crippen LogP contribution in [0.15, 0.2) is 42.5 Å². The second kappa shape index (κ2) is 6.10. The van der Waals surface area contributed by atoms with E-state index in [-0.39, 0.29) is 4.83 Å². The lowest BCUT2D eigenvalue weighted by Gasteiger charge is -2.12. The zero-order valence-corrected chi connectivity index (χ0v) is 13.1. The number of hydrogen-bond acceptors (Lipinski definition) is 0. The molecule has 1 atom stereocenters. The van der Waals surface area contributed by atoms with Gasteiger partial charge in [0.15, 0.2) is 0 Å². The lowest BCUT2D eigenvalue weighted by atomic mass is 10.0. The van der Waals surface area contributed by atoms with Gasteiger partial charge in [0.2, 0.25) is 0 Å². The van der Waals surface area contributed by atoms with Gasteiger partial charge >= 0.3 is 0 Å². The Morgan fingerprint density at radius 2 is 1.83 bits per heavy atom. The van der Waals surface area contributed by atoms with Gasteiger partial charge in [-0.2, -0.15) is 0 Å². The van der Waals surface area contributed by atoms with E-state index >= 15 is 0 Å². The number of rotatable bonds is 3. The molecule has 2 rings (SSSR count). The molecule has 0 radical (unpaired) electrons. The molecule has 0 spiro atoms. The first-order valence-corrected chi connectivity index (χ1v) is 7.38. The molecule has 0 N–H and O–H groups in total. The van der Waals surface area contributed by atoms with Crippen molar-refractivity contribution in [1.82, 2.24) is 0 Å². The van der Waals surface area contributed by atoms with Crippen LogP contribution >= 0.6 is 39.1 Å². The molecule has 0 bridgehead atoms. The van der Waals surface area contributed by atoms with Crippen molar-refractivity contribution in [1.29, 1.82) is 0 Å².